The molecule has 0 saturated carbocycles. The van der Waals surface area contributed by atoms with Gasteiger partial charge in [0.25, 0.3) is 0 Å². The van der Waals surface area contributed by atoms with Crippen molar-refractivity contribution in [1.29, 1.82) is 0 Å². The monoisotopic (exact) mass is 111 g/mol. The van der Waals surface area contributed by atoms with Gasteiger partial charge in [0.05, 0.1) is 0 Å². The summed E-state index contributed by atoms with van der Waals surface area (Å²) < 4.78 is 0. The predicted octanol–water partition coefficient (Wildman–Crippen LogP) is 1.84. The summed E-state index contributed by atoms with van der Waals surface area (Å²) in [6.45, 7) is 4.08. The van der Waals surface area contributed by atoms with Crippen molar-refractivity contribution in [3.63, 3.8) is 0 Å². The molecule has 0 amide bonds. The predicted molar refractivity (Wildman–Crippen MR) is 34.4 cm³/mol. The van der Waals surface area contributed by atoms with Gasteiger partial charge in [-0.3, -0.25) is 4.79 Å². The number of hydrogen-bond acceptors (Lipinski definition) is 1. The Hall–Kier alpha value is -0.590. The van der Waals surface area contributed by atoms with Crippen LogP contribution >= 0.6 is 0 Å². The van der Waals surface area contributed by atoms with Crippen LogP contribution in [-0.2, 0) is 4.79 Å². The molecule has 0 aliphatic rings. The summed E-state index contributed by atoms with van der Waals surface area (Å²) in [7, 11) is 0. The first-order valence-corrected chi connectivity index (χ1v) is 2.82. The quantitative estimate of drug-likeness (QED) is 0.508. The van der Waals surface area contributed by atoms with Gasteiger partial charge in [-0.1, -0.05) is 18.6 Å². The highest BCUT2D eigenvalue weighted by atomic mass is 16.1. The lowest BCUT2D eigenvalue weighted by atomic mass is 10.2. The normalized spacial score (nSPS) is 11.5. The second-order valence-electron chi connectivity index (χ2n) is 1.75. The van der Waals surface area contributed by atoms with E-state index in [4.69, 9.17) is 0 Å². The Kier molecular flexibility index (Phi) is 4.23. The first kappa shape index (κ1) is 7.41. The highest BCUT2D eigenvalue weighted by Crippen LogP contribution is 1.97. The van der Waals surface area contributed by atoms with E-state index in [1.54, 1.807) is 6.29 Å². The largest absolute Gasteiger partial charge is 0.291 e. The molecule has 0 unspecified atom stereocenters. The molecule has 0 bridgehead atoms. The van der Waals surface area contributed by atoms with Crippen LogP contribution in [0.3, 0.4) is 0 Å². The van der Waals surface area contributed by atoms with Crippen LogP contribution in [0.2, 0.25) is 0 Å². The number of rotatable bonds is 3. The standard InChI is InChI=1S/C7H11O/c1-3-7(2)5-4-6-8/h5H,3-4H2,1-2H3. The summed E-state index contributed by atoms with van der Waals surface area (Å²) in [5.41, 5.74) is 1.26. The van der Waals surface area contributed by atoms with Crippen LogP contribution in [0.1, 0.15) is 26.7 Å². The lowest BCUT2D eigenvalue weighted by molar-refractivity contribution is 0.556. The van der Waals surface area contributed by atoms with Crippen LogP contribution in [0.25, 0.3) is 0 Å². The maximum absolute atomic E-state index is 9.66. The minimum Gasteiger partial charge on any atom is -0.291 e. The first-order valence-electron chi connectivity index (χ1n) is 2.82. The highest BCUT2D eigenvalue weighted by molar-refractivity contribution is 5.53. The minimum absolute atomic E-state index is 0.444. The Morgan fingerprint density at radius 3 is 2.75 bits per heavy atom. The van der Waals surface area contributed by atoms with Crippen molar-refractivity contribution >= 4 is 6.29 Å². The van der Waals surface area contributed by atoms with Gasteiger partial charge < -0.3 is 0 Å². The Morgan fingerprint density at radius 1 is 1.75 bits per heavy atom. The zero-order chi connectivity index (χ0) is 6.41. The molecule has 0 aromatic heterocycles. The summed E-state index contributed by atoms with van der Waals surface area (Å²) >= 11 is 0. The average molecular weight is 111 g/mol. The molecule has 0 aliphatic heterocycles. The van der Waals surface area contributed by atoms with E-state index in [-0.39, 0.29) is 0 Å². The van der Waals surface area contributed by atoms with Crippen molar-refractivity contribution in [3.8, 4) is 0 Å². The molecule has 0 rings (SSSR count). The molecule has 0 saturated heterocycles. The third kappa shape index (κ3) is 3.59. The minimum atomic E-state index is 0.444. The summed E-state index contributed by atoms with van der Waals surface area (Å²) in [4.78, 5) is 9.66. The Balaban J connectivity index is 3.40. The van der Waals surface area contributed by atoms with E-state index in [0.29, 0.717) is 6.42 Å². The van der Waals surface area contributed by atoms with Crippen molar-refractivity contribution in [3.05, 3.63) is 11.6 Å². The number of allylic oxidation sites excluding steroid dienone is 2. The number of hydrogen-bond donors (Lipinski definition) is 0. The molecule has 0 heterocycles. The SMILES string of the molecule is CCC(C)=CC[C]=O. The molecule has 0 fully saturated rings. The van der Waals surface area contributed by atoms with Gasteiger partial charge in [-0.25, -0.2) is 0 Å². The molecule has 0 N–H and O–H groups in total. The Bertz CT molecular complexity index is 92.6. The molecule has 0 atom stereocenters. The fourth-order valence-electron chi connectivity index (χ4n) is 0.360. The summed E-state index contributed by atoms with van der Waals surface area (Å²) in [5.74, 6) is 0. The van der Waals surface area contributed by atoms with Gasteiger partial charge in [0.1, 0.15) is 0 Å². The van der Waals surface area contributed by atoms with Crippen molar-refractivity contribution in [1.82, 2.24) is 0 Å². The van der Waals surface area contributed by atoms with Gasteiger partial charge in [0.2, 0.25) is 6.29 Å². The third-order valence-corrected chi connectivity index (χ3v) is 1.09. The van der Waals surface area contributed by atoms with Gasteiger partial charge in [-0.15, -0.1) is 0 Å². The van der Waals surface area contributed by atoms with Crippen molar-refractivity contribution in [2.24, 2.45) is 0 Å². The molecule has 0 aromatic carbocycles. The maximum atomic E-state index is 9.66. The number of carbonyl (C=O) groups excluding carboxylic acids is 1. The van der Waals surface area contributed by atoms with E-state index in [9.17, 15) is 4.79 Å². The van der Waals surface area contributed by atoms with Crippen LogP contribution in [-0.4, -0.2) is 6.29 Å². The highest BCUT2D eigenvalue weighted by Gasteiger charge is 1.80. The third-order valence-electron chi connectivity index (χ3n) is 1.09. The molecule has 0 aliphatic carbocycles. The van der Waals surface area contributed by atoms with Crippen molar-refractivity contribution < 1.29 is 4.79 Å². The molecule has 8 heavy (non-hydrogen) atoms. The van der Waals surface area contributed by atoms with Gasteiger partial charge >= 0.3 is 0 Å². The lowest BCUT2D eigenvalue weighted by Gasteiger charge is -1.87. The molecular weight excluding hydrogens is 100 g/mol. The first-order chi connectivity index (χ1) is 3.81. The van der Waals surface area contributed by atoms with Gasteiger partial charge in [-0.2, -0.15) is 0 Å². The topological polar surface area (TPSA) is 17.1 Å². The van der Waals surface area contributed by atoms with E-state index >= 15 is 0 Å². The van der Waals surface area contributed by atoms with E-state index in [1.165, 1.54) is 5.57 Å². The summed E-state index contributed by atoms with van der Waals surface area (Å²) in [6, 6.07) is 0. The Labute approximate surface area is 50.4 Å². The van der Waals surface area contributed by atoms with Crippen molar-refractivity contribution in [2.75, 3.05) is 0 Å². The van der Waals surface area contributed by atoms with Gasteiger partial charge in [0, 0.05) is 6.42 Å². The lowest BCUT2D eigenvalue weighted by Crippen LogP contribution is -1.72. The van der Waals surface area contributed by atoms with E-state index in [0.717, 1.165) is 6.42 Å². The van der Waals surface area contributed by atoms with Crippen LogP contribution < -0.4 is 0 Å². The fraction of sp³-hybridized carbons (Fsp3) is 0.571. The van der Waals surface area contributed by atoms with Crippen molar-refractivity contribution in [2.45, 2.75) is 26.7 Å². The van der Waals surface area contributed by atoms with E-state index in [1.807, 2.05) is 13.0 Å². The van der Waals surface area contributed by atoms with Gasteiger partial charge in [0.15, 0.2) is 0 Å². The smallest absolute Gasteiger partial charge is 0.202 e. The average Bonchev–Trinajstić information content (AvgIpc) is 1.83. The van der Waals surface area contributed by atoms with Crippen LogP contribution in [0.4, 0.5) is 0 Å². The molecule has 0 spiro atoms. The second-order valence-corrected chi connectivity index (χ2v) is 1.75. The fourth-order valence-corrected chi connectivity index (χ4v) is 0.360. The van der Waals surface area contributed by atoms with Crippen LogP contribution in [0.5, 0.6) is 0 Å². The van der Waals surface area contributed by atoms with Crippen LogP contribution in [0.15, 0.2) is 11.6 Å². The summed E-state index contributed by atoms with van der Waals surface area (Å²) in [5, 5.41) is 0. The summed E-state index contributed by atoms with van der Waals surface area (Å²) in [6.07, 6.45) is 5.18. The molecule has 0 aromatic rings. The van der Waals surface area contributed by atoms with Gasteiger partial charge in [-0.05, 0) is 13.3 Å². The van der Waals surface area contributed by atoms with E-state index < -0.39 is 0 Å². The molecule has 1 heteroatoms. The zero-order valence-electron chi connectivity index (χ0n) is 5.40. The maximum Gasteiger partial charge on any atom is 0.202 e. The zero-order valence-corrected chi connectivity index (χ0v) is 5.40. The van der Waals surface area contributed by atoms with E-state index in [2.05, 4.69) is 6.92 Å². The molecule has 45 valence electrons. The molecule has 1 nitrogen and oxygen atoms in total. The molecule has 1 radical (unpaired) electrons. The Morgan fingerprint density at radius 2 is 2.38 bits per heavy atom. The van der Waals surface area contributed by atoms with Crippen LogP contribution in [0, 0.1) is 0 Å². The second kappa shape index (κ2) is 4.57. The molecular formula is C7H11O.